The van der Waals surface area contributed by atoms with Crippen molar-refractivity contribution < 1.29 is 0 Å². The fourth-order valence-electron chi connectivity index (χ4n) is 1.87. The first kappa shape index (κ1) is 8.02. The van der Waals surface area contributed by atoms with Crippen LogP contribution in [0.4, 0.5) is 0 Å². The second-order valence-electron chi connectivity index (χ2n) is 2.95. The second kappa shape index (κ2) is 3.35. The summed E-state index contributed by atoms with van der Waals surface area (Å²) in [7, 11) is 0. The average molecular weight is 142 g/mol. The zero-order chi connectivity index (χ0) is 7.56. The molecule has 3 N–H and O–H groups in total. The van der Waals surface area contributed by atoms with Gasteiger partial charge in [0.25, 0.3) is 0 Å². The van der Waals surface area contributed by atoms with Crippen LogP contribution in [0.3, 0.4) is 0 Å². The third kappa shape index (κ3) is 1.32. The van der Waals surface area contributed by atoms with Crippen molar-refractivity contribution in [3.05, 3.63) is 0 Å². The monoisotopic (exact) mass is 142 g/mol. The standard InChI is InChI=1S/C6H12N2.C2H6/c7-5-3-4-1-2-6(5)8-4;1-2/h4-6,8H,1-3,7H2;1-2H3/t4-,5-,6+;/m0./s1. The minimum Gasteiger partial charge on any atom is -0.326 e. The summed E-state index contributed by atoms with van der Waals surface area (Å²) in [6, 6.07) is 1.91. The molecule has 0 amide bonds. The first-order valence-corrected chi connectivity index (χ1v) is 4.38. The Kier molecular flexibility index (Phi) is 2.69. The highest BCUT2D eigenvalue weighted by atomic mass is 15.1. The smallest absolute Gasteiger partial charge is 0.0222 e. The maximum Gasteiger partial charge on any atom is 0.0222 e. The van der Waals surface area contributed by atoms with E-state index in [1.165, 1.54) is 19.3 Å². The number of nitrogens with one attached hydrogen (secondary N) is 1. The lowest BCUT2D eigenvalue weighted by molar-refractivity contribution is 0.502. The fraction of sp³-hybridized carbons (Fsp3) is 1.00. The Morgan fingerprint density at radius 3 is 2.20 bits per heavy atom. The van der Waals surface area contributed by atoms with E-state index >= 15 is 0 Å². The van der Waals surface area contributed by atoms with Crippen LogP contribution in [0.5, 0.6) is 0 Å². The molecule has 2 heterocycles. The summed E-state index contributed by atoms with van der Waals surface area (Å²) in [5, 5.41) is 3.45. The van der Waals surface area contributed by atoms with E-state index < -0.39 is 0 Å². The Balaban J connectivity index is 0.000000231. The van der Waals surface area contributed by atoms with Crippen LogP contribution in [0.15, 0.2) is 0 Å². The van der Waals surface area contributed by atoms with Crippen LogP contribution in [-0.2, 0) is 0 Å². The van der Waals surface area contributed by atoms with Gasteiger partial charge in [0, 0.05) is 18.1 Å². The molecule has 10 heavy (non-hydrogen) atoms. The molecular weight excluding hydrogens is 124 g/mol. The van der Waals surface area contributed by atoms with E-state index in [9.17, 15) is 0 Å². The predicted molar refractivity (Wildman–Crippen MR) is 43.9 cm³/mol. The summed E-state index contributed by atoms with van der Waals surface area (Å²) < 4.78 is 0. The Morgan fingerprint density at radius 1 is 1.30 bits per heavy atom. The van der Waals surface area contributed by atoms with Crippen molar-refractivity contribution in [3.8, 4) is 0 Å². The van der Waals surface area contributed by atoms with Crippen LogP contribution in [0.1, 0.15) is 33.1 Å². The molecule has 2 nitrogen and oxygen atoms in total. The van der Waals surface area contributed by atoms with Crippen molar-refractivity contribution in [2.45, 2.75) is 51.2 Å². The van der Waals surface area contributed by atoms with Gasteiger partial charge in [-0.25, -0.2) is 0 Å². The summed E-state index contributed by atoms with van der Waals surface area (Å²) in [5.74, 6) is 0. The highest BCUT2D eigenvalue weighted by Crippen LogP contribution is 2.26. The molecule has 0 saturated carbocycles. The first-order valence-electron chi connectivity index (χ1n) is 4.38. The molecule has 0 aromatic rings. The van der Waals surface area contributed by atoms with Gasteiger partial charge in [-0.15, -0.1) is 0 Å². The first-order chi connectivity index (χ1) is 4.86. The molecule has 2 fully saturated rings. The minimum absolute atomic E-state index is 0.466. The van der Waals surface area contributed by atoms with Gasteiger partial charge in [-0.05, 0) is 19.3 Å². The van der Waals surface area contributed by atoms with Gasteiger partial charge in [-0.3, -0.25) is 0 Å². The van der Waals surface area contributed by atoms with E-state index in [2.05, 4.69) is 5.32 Å². The number of hydrogen-bond donors (Lipinski definition) is 2. The Bertz CT molecular complexity index is 101. The minimum atomic E-state index is 0.466. The third-order valence-electron chi connectivity index (χ3n) is 2.35. The van der Waals surface area contributed by atoms with Crippen LogP contribution < -0.4 is 11.1 Å². The molecule has 2 aliphatic heterocycles. The molecule has 0 aromatic carbocycles. The average Bonchev–Trinajstić information content (AvgIpc) is 2.52. The van der Waals surface area contributed by atoms with E-state index in [1.807, 2.05) is 13.8 Å². The lowest BCUT2D eigenvalue weighted by atomic mass is 9.97. The molecule has 2 heteroatoms. The predicted octanol–water partition coefficient (Wildman–Crippen LogP) is 0.864. The maximum absolute atomic E-state index is 5.76. The van der Waals surface area contributed by atoms with Crippen molar-refractivity contribution in [1.82, 2.24) is 5.32 Å². The van der Waals surface area contributed by atoms with Gasteiger partial charge in [0.15, 0.2) is 0 Å². The van der Waals surface area contributed by atoms with Gasteiger partial charge >= 0.3 is 0 Å². The van der Waals surface area contributed by atoms with Crippen LogP contribution in [0.2, 0.25) is 0 Å². The molecular formula is C8H18N2. The molecule has 2 aliphatic rings. The summed E-state index contributed by atoms with van der Waals surface area (Å²) in [6.45, 7) is 4.00. The van der Waals surface area contributed by atoms with Crippen LogP contribution in [0.25, 0.3) is 0 Å². The van der Waals surface area contributed by atoms with E-state index in [1.54, 1.807) is 0 Å². The maximum atomic E-state index is 5.76. The van der Waals surface area contributed by atoms with Crippen LogP contribution >= 0.6 is 0 Å². The van der Waals surface area contributed by atoms with Gasteiger partial charge < -0.3 is 11.1 Å². The lowest BCUT2D eigenvalue weighted by Gasteiger charge is -2.13. The molecule has 0 unspecified atom stereocenters. The molecule has 2 bridgehead atoms. The van der Waals surface area contributed by atoms with Crippen molar-refractivity contribution in [3.63, 3.8) is 0 Å². The molecule has 2 rings (SSSR count). The molecule has 0 radical (unpaired) electrons. The normalized spacial score (nSPS) is 42.9. The van der Waals surface area contributed by atoms with Crippen molar-refractivity contribution in [2.24, 2.45) is 5.73 Å². The van der Waals surface area contributed by atoms with Crippen molar-refractivity contribution in [1.29, 1.82) is 0 Å². The summed E-state index contributed by atoms with van der Waals surface area (Å²) >= 11 is 0. The highest BCUT2D eigenvalue weighted by Gasteiger charge is 2.36. The topological polar surface area (TPSA) is 38.0 Å². The van der Waals surface area contributed by atoms with Crippen molar-refractivity contribution in [2.75, 3.05) is 0 Å². The Morgan fingerprint density at radius 2 is 2.00 bits per heavy atom. The molecule has 0 spiro atoms. The van der Waals surface area contributed by atoms with E-state index in [-0.39, 0.29) is 0 Å². The highest BCUT2D eigenvalue weighted by molar-refractivity contribution is 4.99. The Hall–Kier alpha value is -0.0800. The molecule has 0 aliphatic carbocycles. The zero-order valence-corrected chi connectivity index (χ0v) is 6.93. The zero-order valence-electron chi connectivity index (χ0n) is 6.93. The molecule has 3 atom stereocenters. The number of rotatable bonds is 0. The largest absolute Gasteiger partial charge is 0.326 e. The number of fused-ring (bicyclic) bond motifs is 2. The molecule has 2 saturated heterocycles. The number of nitrogens with two attached hydrogens (primary N) is 1. The van der Waals surface area contributed by atoms with E-state index in [0.717, 1.165) is 6.04 Å². The Labute approximate surface area is 63.2 Å². The quantitative estimate of drug-likeness (QED) is 0.526. The molecule has 60 valence electrons. The third-order valence-corrected chi connectivity index (χ3v) is 2.35. The summed E-state index contributed by atoms with van der Waals surface area (Å²) in [4.78, 5) is 0. The summed E-state index contributed by atoms with van der Waals surface area (Å²) in [5.41, 5.74) is 5.76. The van der Waals surface area contributed by atoms with Crippen molar-refractivity contribution >= 4 is 0 Å². The van der Waals surface area contributed by atoms with Gasteiger partial charge in [0.05, 0.1) is 0 Å². The summed E-state index contributed by atoms with van der Waals surface area (Å²) in [6.07, 6.45) is 3.88. The lowest BCUT2D eigenvalue weighted by Crippen LogP contribution is -2.33. The van der Waals surface area contributed by atoms with E-state index in [0.29, 0.717) is 12.1 Å². The fourth-order valence-corrected chi connectivity index (χ4v) is 1.87. The number of hydrogen-bond acceptors (Lipinski definition) is 2. The van der Waals surface area contributed by atoms with Crippen LogP contribution in [-0.4, -0.2) is 18.1 Å². The molecule has 0 aromatic heterocycles. The SMILES string of the molecule is CC.N[C@H]1C[C@@H]2CC[C@H]1N2. The van der Waals surface area contributed by atoms with Gasteiger partial charge in [0.2, 0.25) is 0 Å². The second-order valence-corrected chi connectivity index (χ2v) is 2.95. The van der Waals surface area contributed by atoms with Gasteiger partial charge in [0.1, 0.15) is 0 Å². The van der Waals surface area contributed by atoms with E-state index in [4.69, 9.17) is 5.73 Å². The van der Waals surface area contributed by atoms with Gasteiger partial charge in [-0.2, -0.15) is 0 Å². The van der Waals surface area contributed by atoms with Crippen LogP contribution in [0, 0.1) is 0 Å². The van der Waals surface area contributed by atoms with Gasteiger partial charge in [-0.1, -0.05) is 13.8 Å².